The zero-order chi connectivity index (χ0) is 16.4. The lowest BCUT2D eigenvalue weighted by atomic mass is 10.0. The second-order valence-corrected chi connectivity index (χ2v) is 5.88. The Morgan fingerprint density at radius 2 is 1.74 bits per heavy atom. The summed E-state index contributed by atoms with van der Waals surface area (Å²) >= 11 is 0. The van der Waals surface area contributed by atoms with Crippen molar-refractivity contribution in [2.75, 3.05) is 0 Å². The molecule has 0 atom stereocenters. The van der Waals surface area contributed by atoms with Crippen LogP contribution in [-0.4, -0.2) is 16.4 Å². The largest absolute Gasteiger partial charge is 0.508 e. The second-order valence-electron chi connectivity index (χ2n) is 5.88. The molecule has 3 nitrogen and oxygen atoms in total. The van der Waals surface area contributed by atoms with Gasteiger partial charge in [-0.15, -0.1) is 0 Å². The summed E-state index contributed by atoms with van der Waals surface area (Å²) in [5.41, 5.74) is 2.47. The molecule has 0 unspecified atom stereocenters. The maximum atomic E-state index is 10.2. The second kappa shape index (κ2) is 6.13. The number of phenols is 2. The Morgan fingerprint density at radius 3 is 2.52 bits per heavy atom. The maximum Gasteiger partial charge on any atom is 0.124 e. The quantitative estimate of drug-likeness (QED) is 0.659. The molecule has 0 spiro atoms. The van der Waals surface area contributed by atoms with Crippen LogP contribution in [-0.2, 0) is 0 Å². The fourth-order valence-corrected chi connectivity index (χ4v) is 2.68. The van der Waals surface area contributed by atoms with Crippen molar-refractivity contribution in [1.82, 2.24) is 0 Å². The van der Waals surface area contributed by atoms with Gasteiger partial charge in [0.05, 0.1) is 5.69 Å². The summed E-state index contributed by atoms with van der Waals surface area (Å²) in [5, 5.41) is 21.9. The lowest BCUT2D eigenvalue weighted by Gasteiger charge is -2.10. The van der Waals surface area contributed by atoms with Gasteiger partial charge in [0.15, 0.2) is 0 Å². The third-order valence-electron chi connectivity index (χ3n) is 3.91. The van der Waals surface area contributed by atoms with Gasteiger partial charge in [0.25, 0.3) is 0 Å². The van der Waals surface area contributed by atoms with Crippen LogP contribution in [0.15, 0.2) is 59.6 Å². The van der Waals surface area contributed by atoms with Crippen molar-refractivity contribution in [3.05, 3.63) is 65.7 Å². The Morgan fingerprint density at radius 1 is 0.957 bits per heavy atom. The van der Waals surface area contributed by atoms with Gasteiger partial charge in [0.1, 0.15) is 11.5 Å². The molecule has 3 aromatic rings. The first-order valence-electron chi connectivity index (χ1n) is 7.64. The molecule has 0 fully saturated rings. The number of hydrogen-bond acceptors (Lipinski definition) is 3. The number of aromatic hydroxyl groups is 2. The Hall–Kier alpha value is -2.81. The highest BCUT2D eigenvalue weighted by atomic mass is 16.3. The normalized spacial score (nSPS) is 11.6. The van der Waals surface area contributed by atoms with Gasteiger partial charge in [0, 0.05) is 11.8 Å². The molecule has 0 aromatic heterocycles. The molecule has 3 aromatic carbocycles. The Kier molecular flexibility index (Phi) is 4.02. The van der Waals surface area contributed by atoms with Gasteiger partial charge < -0.3 is 10.2 Å². The number of rotatable bonds is 3. The van der Waals surface area contributed by atoms with E-state index in [0.29, 0.717) is 5.56 Å². The van der Waals surface area contributed by atoms with Crippen molar-refractivity contribution in [3.8, 4) is 11.5 Å². The van der Waals surface area contributed by atoms with E-state index in [1.807, 2.05) is 30.3 Å². The van der Waals surface area contributed by atoms with Crippen LogP contribution in [0.3, 0.4) is 0 Å². The minimum atomic E-state index is 0.206. The highest BCUT2D eigenvalue weighted by Crippen LogP contribution is 2.31. The molecule has 3 rings (SSSR count). The van der Waals surface area contributed by atoms with E-state index in [4.69, 9.17) is 0 Å². The van der Waals surface area contributed by atoms with Crippen LogP contribution in [0.25, 0.3) is 10.8 Å². The number of fused-ring (bicyclic) bond motifs is 1. The minimum Gasteiger partial charge on any atom is -0.508 e. The zero-order valence-electron chi connectivity index (χ0n) is 13.2. The summed E-state index contributed by atoms with van der Waals surface area (Å²) in [7, 11) is 0. The standard InChI is InChI=1S/C20H19NO2/c1-13(2)17-11-15(22)8-9-19(17)21-12-18-16-6-4-3-5-14(16)7-10-20(18)23/h3-13,22-23H,1-2H3. The number of hydrogen-bond donors (Lipinski definition) is 2. The first-order valence-corrected chi connectivity index (χ1v) is 7.64. The molecule has 0 saturated carbocycles. The fraction of sp³-hybridized carbons (Fsp3) is 0.150. The minimum absolute atomic E-state index is 0.206. The van der Waals surface area contributed by atoms with E-state index in [2.05, 4.69) is 18.8 Å². The first-order chi connectivity index (χ1) is 11.1. The van der Waals surface area contributed by atoms with Crippen molar-refractivity contribution < 1.29 is 10.2 Å². The molecular weight excluding hydrogens is 286 g/mol. The van der Waals surface area contributed by atoms with Gasteiger partial charge in [-0.3, -0.25) is 4.99 Å². The summed E-state index contributed by atoms with van der Waals surface area (Å²) in [6.07, 6.45) is 1.69. The van der Waals surface area contributed by atoms with Crippen LogP contribution in [0.1, 0.15) is 30.9 Å². The van der Waals surface area contributed by atoms with Crippen molar-refractivity contribution in [1.29, 1.82) is 0 Å². The molecular formula is C20H19NO2. The predicted molar refractivity (Wildman–Crippen MR) is 95.1 cm³/mol. The van der Waals surface area contributed by atoms with Crippen molar-refractivity contribution in [2.24, 2.45) is 4.99 Å². The van der Waals surface area contributed by atoms with Crippen LogP contribution in [0.5, 0.6) is 11.5 Å². The Bertz CT molecular complexity index is 882. The Labute approximate surface area is 135 Å². The maximum absolute atomic E-state index is 10.2. The molecule has 0 aliphatic rings. The highest BCUT2D eigenvalue weighted by molar-refractivity contribution is 6.03. The zero-order valence-corrected chi connectivity index (χ0v) is 13.2. The summed E-state index contributed by atoms with van der Waals surface area (Å²) in [5.74, 6) is 0.688. The van der Waals surface area contributed by atoms with E-state index in [9.17, 15) is 10.2 Å². The lowest BCUT2D eigenvalue weighted by Crippen LogP contribution is -1.90. The van der Waals surface area contributed by atoms with Crippen LogP contribution in [0, 0.1) is 0 Å². The van der Waals surface area contributed by atoms with Gasteiger partial charge in [0.2, 0.25) is 0 Å². The summed E-state index contributed by atoms with van der Waals surface area (Å²) in [6.45, 7) is 4.12. The molecule has 0 radical (unpaired) electrons. The molecule has 0 aliphatic heterocycles. The van der Waals surface area contributed by atoms with Gasteiger partial charge in [-0.2, -0.15) is 0 Å². The fourth-order valence-electron chi connectivity index (χ4n) is 2.68. The van der Waals surface area contributed by atoms with Crippen LogP contribution >= 0.6 is 0 Å². The van der Waals surface area contributed by atoms with Crippen LogP contribution < -0.4 is 0 Å². The molecule has 3 heteroatoms. The monoisotopic (exact) mass is 305 g/mol. The molecule has 0 bridgehead atoms. The average Bonchev–Trinajstić information content (AvgIpc) is 2.54. The topological polar surface area (TPSA) is 52.8 Å². The van der Waals surface area contributed by atoms with Crippen LogP contribution in [0.2, 0.25) is 0 Å². The average molecular weight is 305 g/mol. The predicted octanol–water partition coefficient (Wildman–Crippen LogP) is 5.13. The van der Waals surface area contributed by atoms with E-state index in [1.54, 1.807) is 30.5 Å². The molecule has 0 heterocycles. The van der Waals surface area contributed by atoms with Gasteiger partial charge in [-0.25, -0.2) is 0 Å². The molecule has 116 valence electrons. The van der Waals surface area contributed by atoms with E-state index in [-0.39, 0.29) is 17.4 Å². The molecule has 23 heavy (non-hydrogen) atoms. The number of benzene rings is 3. The summed E-state index contributed by atoms with van der Waals surface area (Å²) in [6, 6.07) is 16.6. The summed E-state index contributed by atoms with van der Waals surface area (Å²) < 4.78 is 0. The van der Waals surface area contributed by atoms with Gasteiger partial charge in [-0.05, 0) is 46.5 Å². The van der Waals surface area contributed by atoms with E-state index < -0.39 is 0 Å². The first kappa shape index (κ1) is 15.1. The molecule has 0 amide bonds. The van der Waals surface area contributed by atoms with E-state index in [0.717, 1.165) is 22.0 Å². The SMILES string of the molecule is CC(C)c1cc(O)ccc1N=Cc1c(O)ccc2ccccc12. The van der Waals surface area contributed by atoms with Crippen molar-refractivity contribution >= 4 is 22.7 Å². The highest BCUT2D eigenvalue weighted by Gasteiger charge is 2.08. The number of nitrogens with zero attached hydrogens (tertiary/aromatic N) is 1. The smallest absolute Gasteiger partial charge is 0.124 e. The number of aliphatic imine (C=N–C) groups is 1. The third-order valence-corrected chi connectivity index (χ3v) is 3.91. The van der Waals surface area contributed by atoms with Gasteiger partial charge in [-0.1, -0.05) is 44.2 Å². The Balaban J connectivity index is 2.09. The van der Waals surface area contributed by atoms with Crippen molar-refractivity contribution in [2.45, 2.75) is 19.8 Å². The summed E-state index contributed by atoms with van der Waals surface area (Å²) in [4.78, 5) is 4.55. The van der Waals surface area contributed by atoms with Crippen LogP contribution in [0.4, 0.5) is 5.69 Å². The lowest BCUT2D eigenvalue weighted by molar-refractivity contribution is 0.474. The van der Waals surface area contributed by atoms with Crippen molar-refractivity contribution in [3.63, 3.8) is 0 Å². The number of phenolic OH excluding ortho intramolecular Hbond substituents is 2. The van der Waals surface area contributed by atoms with E-state index >= 15 is 0 Å². The molecule has 0 aliphatic carbocycles. The third kappa shape index (κ3) is 3.04. The molecule has 0 saturated heterocycles. The van der Waals surface area contributed by atoms with E-state index in [1.165, 1.54) is 0 Å². The molecule has 2 N–H and O–H groups in total. The van der Waals surface area contributed by atoms with Gasteiger partial charge >= 0.3 is 0 Å².